The Bertz CT molecular complexity index is 596. The van der Waals surface area contributed by atoms with Crippen LogP contribution in [-0.2, 0) is 6.54 Å². The molecule has 0 bridgehead atoms. The van der Waals surface area contributed by atoms with E-state index in [1.165, 1.54) is 5.69 Å². The van der Waals surface area contributed by atoms with Crippen LogP contribution in [0.25, 0.3) is 0 Å². The van der Waals surface area contributed by atoms with Gasteiger partial charge >= 0.3 is 0 Å². The molecule has 2 aromatic rings. The fourth-order valence-corrected chi connectivity index (χ4v) is 2.86. The van der Waals surface area contributed by atoms with E-state index in [0.717, 1.165) is 17.0 Å². The number of rotatable bonds is 2. The summed E-state index contributed by atoms with van der Waals surface area (Å²) in [5.41, 5.74) is 2.17. The molecule has 94 valence electrons. The van der Waals surface area contributed by atoms with Crippen molar-refractivity contribution in [1.82, 2.24) is 4.57 Å². The number of thiazole rings is 1. The highest BCUT2D eigenvalue weighted by Gasteiger charge is 2.00. The molecule has 0 atom stereocenters. The minimum atomic E-state index is 0.491. The summed E-state index contributed by atoms with van der Waals surface area (Å²) < 4.78 is 2.14. The first-order valence-electron chi connectivity index (χ1n) is 5.76. The third-order valence-corrected chi connectivity index (χ3v) is 3.70. The SMILES string of the molecule is CCn1c(C)cs/c1=N\C(=S)Nc1ccccc1. The van der Waals surface area contributed by atoms with Crippen LogP contribution in [0.1, 0.15) is 12.6 Å². The normalized spacial score (nSPS) is 11.6. The van der Waals surface area contributed by atoms with Gasteiger partial charge in [0.1, 0.15) is 0 Å². The van der Waals surface area contributed by atoms with Crippen LogP contribution in [-0.4, -0.2) is 9.68 Å². The molecule has 0 aliphatic rings. The molecule has 3 nitrogen and oxygen atoms in total. The molecular weight excluding hydrogens is 262 g/mol. The number of anilines is 1. The number of benzene rings is 1. The molecule has 1 aromatic carbocycles. The molecule has 1 heterocycles. The number of para-hydroxylation sites is 1. The smallest absolute Gasteiger partial charge is 0.199 e. The van der Waals surface area contributed by atoms with Gasteiger partial charge in [0.25, 0.3) is 0 Å². The maximum atomic E-state index is 5.25. The summed E-state index contributed by atoms with van der Waals surface area (Å²) in [5, 5.41) is 5.69. The van der Waals surface area contributed by atoms with Gasteiger partial charge in [-0.3, -0.25) is 0 Å². The van der Waals surface area contributed by atoms with Gasteiger partial charge in [0, 0.05) is 23.3 Å². The van der Waals surface area contributed by atoms with Gasteiger partial charge in [0.15, 0.2) is 9.91 Å². The summed E-state index contributed by atoms with van der Waals surface area (Å²) in [4.78, 5) is 5.38. The van der Waals surface area contributed by atoms with Crippen molar-refractivity contribution in [3.05, 3.63) is 46.2 Å². The molecular formula is C13H15N3S2. The predicted octanol–water partition coefficient (Wildman–Crippen LogP) is 3.18. The quantitative estimate of drug-likeness (QED) is 0.854. The minimum Gasteiger partial charge on any atom is -0.331 e. The third-order valence-electron chi connectivity index (χ3n) is 2.53. The highest BCUT2D eigenvalue weighted by molar-refractivity contribution is 7.80. The van der Waals surface area contributed by atoms with Gasteiger partial charge in [-0.15, -0.1) is 11.3 Å². The average molecular weight is 277 g/mol. The monoisotopic (exact) mass is 277 g/mol. The van der Waals surface area contributed by atoms with Gasteiger partial charge in [-0.2, -0.15) is 4.99 Å². The molecule has 0 amide bonds. The molecule has 2 rings (SSSR count). The second-order valence-electron chi connectivity index (χ2n) is 3.81. The standard InChI is InChI=1S/C13H15N3S2/c1-3-16-10(2)9-18-13(16)15-12(17)14-11-7-5-4-6-8-11/h4-9H,3H2,1-2H3,(H,14,17)/b15-13-. The fraction of sp³-hybridized carbons (Fsp3) is 0.231. The van der Waals surface area contributed by atoms with Crippen LogP contribution in [0, 0.1) is 6.92 Å². The van der Waals surface area contributed by atoms with E-state index in [1.807, 2.05) is 30.3 Å². The lowest BCUT2D eigenvalue weighted by molar-refractivity contribution is 0.714. The maximum absolute atomic E-state index is 5.25. The van der Waals surface area contributed by atoms with Crippen LogP contribution in [0.3, 0.4) is 0 Å². The topological polar surface area (TPSA) is 29.3 Å². The molecule has 0 unspecified atom stereocenters. The molecule has 1 aromatic heterocycles. The molecule has 18 heavy (non-hydrogen) atoms. The summed E-state index contributed by atoms with van der Waals surface area (Å²) in [5.74, 6) is 0. The van der Waals surface area contributed by atoms with Gasteiger partial charge in [-0.1, -0.05) is 18.2 Å². The van der Waals surface area contributed by atoms with E-state index in [-0.39, 0.29) is 0 Å². The van der Waals surface area contributed by atoms with Gasteiger partial charge in [0.2, 0.25) is 0 Å². The number of thiocarbonyl (C=S) groups is 1. The van der Waals surface area contributed by atoms with E-state index < -0.39 is 0 Å². The molecule has 0 aliphatic carbocycles. The zero-order chi connectivity index (χ0) is 13.0. The lowest BCUT2D eigenvalue weighted by Gasteiger charge is -2.03. The van der Waals surface area contributed by atoms with E-state index in [9.17, 15) is 0 Å². The van der Waals surface area contributed by atoms with Gasteiger partial charge < -0.3 is 9.88 Å². The Morgan fingerprint density at radius 1 is 1.39 bits per heavy atom. The van der Waals surface area contributed by atoms with Crippen molar-refractivity contribution < 1.29 is 0 Å². The first-order chi connectivity index (χ1) is 8.70. The van der Waals surface area contributed by atoms with Crippen LogP contribution >= 0.6 is 23.6 Å². The number of nitrogens with zero attached hydrogens (tertiary/aromatic N) is 2. The highest BCUT2D eigenvalue weighted by atomic mass is 32.1. The Morgan fingerprint density at radius 2 is 2.11 bits per heavy atom. The Morgan fingerprint density at radius 3 is 2.78 bits per heavy atom. The summed E-state index contributed by atoms with van der Waals surface area (Å²) in [6.45, 7) is 5.08. The molecule has 0 radical (unpaired) electrons. The molecule has 0 saturated heterocycles. The number of hydrogen-bond acceptors (Lipinski definition) is 2. The van der Waals surface area contributed by atoms with Crippen molar-refractivity contribution in [2.45, 2.75) is 20.4 Å². The molecule has 1 N–H and O–H groups in total. The van der Waals surface area contributed by atoms with Crippen molar-refractivity contribution in [2.75, 3.05) is 5.32 Å². The molecule has 0 aliphatic heterocycles. The zero-order valence-electron chi connectivity index (χ0n) is 10.4. The van der Waals surface area contributed by atoms with Crippen LogP contribution in [0.5, 0.6) is 0 Å². The highest BCUT2D eigenvalue weighted by Crippen LogP contribution is 2.05. The molecule has 0 fully saturated rings. The lowest BCUT2D eigenvalue weighted by Crippen LogP contribution is -2.19. The summed E-state index contributed by atoms with van der Waals surface area (Å²) in [7, 11) is 0. The van der Waals surface area contributed by atoms with E-state index in [1.54, 1.807) is 11.3 Å². The zero-order valence-corrected chi connectivity index (χ0v) is 12.0. The van der Waals surface area contributed by atoms with Crippen molar-refractivity contribution in [3.63, 3.8) is 0 Å². The fourth-order valence-electron chi connectivity index (χ4n) is 1.65. The number of hydrogen-bond donors (Lipinski definition) is 1. The second-order valence-corrected chi connectivity index (χ2v) is 5.04. The lowest BCUT2D eigenvalue weighted by atomic mass is 10.3. The minimum absolute atomic E-state index is 0.491. The third kappa shape index (κ3) is 3.05. The first kappa shape index (κ1) is 13.0. The molecule has 0 spiro atoms. The Labute approximate surface area is 116 Å². The Hall–Kier alpha value is -1.46. The predicted molar refractivity (Wildman–Crippen MR) is 80.9 cm³/mol. The van der Waals surface area contributed by atoms with E-state index in [0.29, 0.717) is 5.11 Å². The Kier molecular flexibility index (Phi) is 4.28. The maximum Gasteiger partial charge on any atom is 0.199 e. The summed E-state index contributed by atoms with van der Waals surface area (Å²) in [6, 6.07) is 9.84. The van der Waals surface area contributed by atoms with E-state index >= 15 is 0 Å². The van der Waals surface area contributed by atoms with Crippen LogP contribution in [0.15, 0.2) is 40.7 Å². The van der Waals surface area contributed by atoms with Gasteiger partial charge in [0.05, 0.1) is 0 Å². The Balaban J connectivity index is 2.20. The summed E-state index contributed by atoms with van der Waals surface area (Å²) in [6.07, 6.45) is 0. The molecule has 5 heteroatoms. The largest absolute Gasteiger partial charge is 0.331 e. The molecule has 0 saturated carbocycles. The van der Waals surface area contributed by atoms with Gasteiger partial charge in [-0.05, 0) is 38.2 Å². The van der Waals surface area contributed by atoms with E-state index in [2.05, 4.69) is 34.1 Å². The van der Waals surface area contributed by atoms with Crippen LogP contribution in [0.4, 0.5) is 5.69 Å². The summed E-state index contributed by atoms with van der Waals surface area (Å²) >= 11 is 6.86. The second kappa shape index (κ2) is 5.93. The number of nitrogens with one attached hydrogen (secondary N) is 1. The first-order valence-corrected chi connectivity index (χ1v) is 7.05. The van der Waals surface area contributed by atoms with Crippen LogP contribution in [0.2, 0.25) is 0 Å². The van der Waals surface area contributed by atoms with Gasteiger partial charge in [-0.25, -0.2) is 0 Å². The van der Waals surface area contributed by atoms with Crippen molar-refractivity contribution in [2.24, 2.45) is 4.99 Å². The van der Waals surface area contributed by atoms with E-state index in [4.69, 9.17) is 12.2 Å². The average Bonchev–Trinajstić information content (AvgIpc) is 2.71. The van der Waals surface area contributed by atoms with Crippen molar-refractivity contribution >= 4 is 34.4 Å². The van der Waals surface area contributed by atoms with Crippen molar-refractivity contribution in [3.8, 4) is 0 Å². The number of aromatic nitrogens is 1. The van der Waals surface area contributed by atoms with Crippen LogP contribution < -0.4 is 10.1 Å². The number of aryl methyl sites for hydroxylation is 1. The van der Waals surface area contributed by atoms with Crippen molar-refractivity contribution in [1.29, 1.82) is 0 Å².